The third kappa shape index (κ3) is 3.32. The number of aryl methyl sites for hydroxylation is 1. The summed E-state index contributed by atoms with van der Waals surface area (Å²) in [5, 5.41) is 2.74. The molecular weight excluding hydrogens is 256 g/mol. The Hall–Kier alpha value is -2.43. The summed E-state index contributed by atoms with van der Waals surface area (Å²) < 4.78 is 10.7. The van der Waals surface area contributed by atoms with Gasteiger partial charge in [0.05, 0.1) is 18.5 Å². The van der Waals surface area contributed by atoms with E-state index < -0.39 is 6.10 Å². The topological polar surface area (TPSA) is 77.5 Å². The smallest absolute Gasteiger partial charge is 0.261 e. The first-order chi connectivity index (χ1) is 9.58. The Morgan fingerprint density at radius 1 is 1.40 bits per heavy atom. The predicted molar refractivity (Wildman–Crippen MR) is 76.2 cm³/mol. The Balaban J connectivity index is 1.92. The van der Waals surface area contributed by atoms with Crippen LogP contribution in [0.2, 0.25) is 0 Å². The number of hydrogen-bond donors (Lipinski definition) is 2. The fraction of sp³-hybridized carbons (Fsp3) is 0.267. The van der Waals surface area contributed by atoms with Crippen molar-refractivity contribution in [1.29, 1.82) is 0 Å². The highest BCUT2D eigenvalue weighted by atomic mass is 16.5. The molecular formula is C15H18N2O3. The largest absolute Gasteiger partial charge is 0.479 e. The van der Waals surface area contributed by atoms with Crippen molar-refractivity contribution in [2.45, 2.75) is 26.5 Å². The molecule has 1 aromatic heterocycles. The monoisotopic (exact) mass is 274 g/mol. The molecule has 1 amide bonds. The van der Waals surface area contributed by atoms with E-state index in [1.165, 1.54) is 0 Å². The second-order valence-corrected chi connectivity index (χ2v) is 4.54. The number of carbonyl (C=O) groups excluding carboxylic acids is 1. The number of nitrogens with one attached hydrogen (secondary N) is 1. The predicted octanol–water partition coefficient (Wildman–Crippen LogP) is 2.25. The highest BCUT2D eigenvalue weighted by Crippen LogP contribution is 2.25. The molecule has 0 fully saturated rings. The lowest BCUT2D eigenvalue weighted by molar-refractivity contribution is -0.127. The minimum Gasteiger partial charge on any atom is -0.479 e. The maximum absolute atomic E-state index is 11.9. The normalized spacial score (nSPS) is 11.9. The molecule has 0 aliphatic heterocycles. The molecule has 0 saturated carbocycles. The zero-order valence-corrected chi connectivity index (χ0v) is 11.6. The maximum atomic E-state index is 11.9. The van der Waals surface area contributed by atoms with Crippen LogP contribution in [0.3, 0.4) is 0 Å². The summed E-state index contributed by atoms with van der Waals surface area (Å²) in [6, 6.07) is 9.05. The highest BCUT2D eigenvalue weighted by molar-refractivity contribution is 5.80. The second kappa shape index (κ2) is 6.14. The van der Waals surface area contributed by atoms with E-state index in [2.05, 4.69) is 5.32 Å². The van der Waals surface area contributed by atoms with E-state index in [1.54, 1.807) is 31.4 Å². The number of benzene rings is 1. The molecule has 1 heterocycles. The summed E-state index contributed by atoms with van der Waals surface area (Å²) in [7, 11) is 0. The molecule has 2 aromatic rings. The first kappa shape index (κ1) is 14.0. The molecule has 5 nitrogen and oxygen atoms in total. The summed E-state index contributed by atoms with van der Waals surface area (Å²) in [5.41, 5.74) is 7.39. The Morgan fingerprint density at radius 2 is 2.20 bits per heavy atom. The van der Waals surface area contributed by atoms with E-state index in [4.69, 9.17) is 14.9 Å². The van der Waals surface area contributed by atoms with Gasteiger partial charge in [0, 0.05) is 0 Å². The van der Waals surface area contributed by atoms with Crippen LogP contribution in [0.1, 0.15) is 18.2 Å². The molecule has 0 aliphatic carbocycles. The van der Waals surface area contributed by atoms with Gasteiger partial charge in [0.25, 0.3) is 5.91 Å². The number of rotatable bonds is 5. The van der Waals surface area contributed by atoms with E-state index in [0.717, 1.165) is 5.56 Å². The van der Waals surface area contributed by atoms with Crippen LogP contribution < -0.4 is 15.8 Å². The molecule has 0 spiro atoms. The fourth-order valence-electron chi connectivity index (χ4n) is 1.73. The molecule has 2 rings (SSSR count). The van der Waals surface area contributed by atoms with Crippen molar-refractivity contribution >= 4 is 11.6 Å². The van der Waals surface area contributed by atoms with Crippen LogP contribution >= 0.6 is 0 Å². The van der Waals surface area contributed by atoms with Crippen LogP contribution in [0, 0.1) is 6.92 Å². The molecule has 5 heteroatoms. The van der Waals surface area contributed by atoms with Crippen molar-refractivity contribution in [3.05, 3.63) is 47.9 Å². The number of nitrogen functional groups attached to an aromatic ring is 1. The number of ether oxygens (including phenoxy) is 1. The Labute approximate surface area is 117 Å². The van der Waals surface area contributed by atoms with Gasteiger partial charge in [-0.05, 0) is 37.6 Å². The van der Waals surface area contributed by atoms with Crippen molar-refractivity contribution in [1.82, 2.24) is 5.32 Å². The van der Waals surface area contributed by atoms with Gasteiger partial charge in [0.15, 0.2) is 6.10 Å². The summed E-state index contributed by atoms with van der Waals surface area (Å²) in [6.45, 7) is 3.91. The van der Waals surface area contributed by atoms with Gasteiger partial charge in [0.1, 0.15) is 11.5 Å². The lowest BCUT2D eigenvalue weighted by Gasteiger charge is -2.16. The van der Waals surface area contributed by atoms with Crippen LogP contribution in [-0.2, 0) is 11.3 Å². The van der Waals surface area contributed by atoms with Crippen molar-refractivity contribution in [3.63, 3.8) is 0 Å². The first-order valence-corrected chi connectivity index (χ1v) is 6.39. The van der Waals surface area contributed by atoms with Gasteiger partial charge in [-0.1, -0.05) is 12.1 Å². The molecule has 1 unspecified atom stereocenters. The number of hydrogen-bond acceptors (Lipinski definition) is 4. The van der Waals surface area contributed by atoms with E-state index >= 15 is 0 Å². The summed E-state index contributed by atoms with van der Waals surface area (Å²) in [4.78, 5) is 11.9. The van der Waals surface area contributed by atoms with Crippen molar-refractivity contribution in [3.8, 4) is 5.75 Å². The minimum atomic E-state index is -0.630. The van der Waals surface area contributed by atoms with E-state index in [-0.39, 0.29) is 5.91 Å². The van der Waals surface area contributed by atoms with Crippen LogP contribution in [0.4, 0.5) is 5.69 Å². The maximum Gasteiger partial charge on any atom is 0.261 e. The molecule has 0 saturated heterocycles. The lowest BCUT2D eigenvalue weighted by atomic mass is 10.2. The van der Waals surface area contributed by atoms with Gasteiger partial charge in [-0.25, -0.2) is 0 Å². The van der Waals surface area contributed by atoms with Crippen LogP contribution in [0.25, 0.3) is 0 Å². The number of anilines is 1. The molecule has 106 valence electrons. The van der Waals surface area contributed by atoms with E-state index in [9.17, 15) is 4.79 Å². The summed E-state index contributed by atoms with van der Waals surface area (Å²) in [6.07, 6.45) is 0.934. The van der Waals surface area contributed by atoms with Crippen LogP contribution in [0.15, 0.2) is 41.0 Å². The summed E-state index contributed by atoms with van der Waals surface area (Å²) >= 11 is 0. The standard InChI is InChI=1S/C15H18N2O3/c1-10-5-3-7-13(14(10)16)20-11(2)15(18)17-9-12-6-4-8-19-12/h3-8,11H,9,16H2,1-2H3,(H,17,18). The van der Waals surface area contributed by atoms with E-state index in [0.29, 0.717) is 23.7 Å². The van der Waals surface area contributed by atoms with Gasteiger partial charge in [-0.15, -0.1) is 0 Å². The number of para-hydroxylation sites is 1. The zero-order chi connectivity index (χ0) is 14.5. The van der Waals surface area contributed by atoms with E-state index in [1.807, 2.05) is 19.1 Å². The third-order valence-electron chi connectivity index (χ3n) is 2.97. The molecule has 1 aromatic carbocycles. The molecule has 20 heavy (non-hydrogen) atoms. The number of nitrogens with two attached hydrogens (primary N) is 1. The first-order valence-electron chi connectivity index (χ1n) is 6.39. The molecule has 3 N–H and O–H groups in total. The Bertz CT molecular complexity index is 579. The Morgan fingerprint density at radius 3 is 2.90 bits per heavy atom. The van der Waals surface area contributed by atoms with Gasteiger partial charge in [-0.3, -0.25) is 4.79 Å². The second-order valence-electron chi connectivity index (χ2n) is 4.54. The summed E-state index contributed by atoms with van der Waals surface area (Å²) in [5.74, 6) is 0.994. The fourth-order valence-corrected chi connectivity index (χ4v) is 1.73. The van der Waals surface area contributed by atoms with Gasteiger partial charge >= 0.3 is 0 Å². The quantitative estimate of drug-likeness (QED) is 0.820. The Kier molecular flexibility index (Phi) is 4.30. The number of carbonyl (C=O) groups is 1. The van der Waals surface area contributed by atoms with Gasteiger partial charge < -0.3 is 20.2 Å². The minimum absolute atomic E-state index is 0.220. The van der Waals surface area contributed by atoms with Gasteiger partial charge in [0.2, 0.25) is 0 Å². The molecule has 0 bridgehead atoms. The molecule has 0 radical (unpaired) electrons. The van der Waals surface area contributed by atoms with Crippen LogP contribution in [0.5, 0.6) is 5.75 Å². The average molecular weight is 274 g/mol. The lowest BCUT2D eigenvalue weighted by Crippen LogP contribution is -2.36. The molecule has 1 atom stereocenters. The van der Waals surface area contributed by atoms with Crippen molar-refractivity contribution < 1.29 is 13.9 Å². The molecule has 0 aliphatic rings. The highest BCUT2D eigenvalue weighted by Gasteiger charge is 2.16. The number of furan rings is 1. The number of amides is 1. The SMILES string of the molecule is Cc1cccc(OC(C)C(=O)NCc2ccco2)c1N. The van der Waals surface area contributed by atoms with Crippen molar-refractivity contribution in [2.75, 3.05) is 5.73 Å². The zero-order valence-electron chi connectivity index (χ0n) is 11.6. The third-order valence-corrected chi connectivity index (χ3v) is 2.97. The van der Waals surface area contributed by atoms with Crippen molar-refractivity contribution in [2.24, 2.45) is 0 Å². The van der Waals surface area contributed by atoms with Gasteiger partial charge in [-0.2, -0.15) is 0 Å². The average Bonchev–Trinajstić information content (AvgIpc) is 2.94. The van der Waals surface area contributed by atoms with Crippen LogP contribution in [-0.4, -0.2) is 12.0 Å².